The van der Waals surface area contributed by atoms with Crippen molar-refractivity contribution in [2.24, 2.45) is 0 Å². The summed E-state index contributed by atoms with van der Waals surface area (Å²) in [5, 5.41) is 19.7. The van der Waals surface area contributed by atoms with Crippen LogP contribution in [-0.2, 0) is 4.79 Å². The van der Waals surface area contributed by atoms with Crippen molar-refractivity contribution in [3.8, 4) is 0 Å². The van der Waals surface area contributed by atoms with Gasteiger partial charge < -0.3 is 10.2 Å². The van der Waals surface area contributed by atoms with Crippen molar-refractivity contribution in [3.05, 3.63) is 34.9 Å². The van der Waals surface area contributed by atoms with Crippen LogP contribution < -0.4 is 0 Å². The summed E-state index contributed by atoms with van der Waals surface area (Å²) in [6.45, 7) is 3.19. The van der Waals surface area contributed by atoms with Crippen LogP contribution in [0.1, 0.15) is 34.5 Å². The average molecular weight is 268 g/mol. The number of hydrogen-bond donors (Lipinski definition) is 2. The van der Waals surface area contributed by atoms with Gasteiger partial charge in [-0.1, -0.05) is 23.9 Å². The van der Waals surface area contributed by atoms with E-state index >= 15 is 0 Å². The first kappa shape index (κ1) is 14.9. The molecule has 0 aliphatic carbocycles. The number of thioether (sulfide) groups is 1. The van der Waals surface area contributed by atoms with E-state index in [1.165, 1.54) is 6.92 Å². The molecule has 5 heteroatoms. The predicted octanol–water partition coefficient (Wildman–Crippen LogP) is 1.48. The fraction of sp³-hybridized carbons (Fsp3) is 0.385. The lowest BCUT2D eigenvalue weighted by atomic mass is 9.98. The SMILES string of the molecule is CC(=O)SCC(O)C(O)c1cc(C=O)ccc1C. The minimum absolute atomic E-state index is 0.111. The van der Waals surface area contributed by atoms with E-state index in [2.05, 4.69) is 0 Å². The lowest BCUT2D eigenvalue weighted by Gasteiger charge is -2.19. The van der Waals surface area contributed by atoms with E-state index in [0.29, 0.717) is 17.4 Å². The van der Waals surface area contributed by atoms with Crippen molar-refractivity contribution >= 4 is 23.2 Å². The smallest absolute Gasteiger partial charge is 0.185 e. The lowest BCUT2D eigenvalue weighted by Crippen LogP contribution is -2.22. The van der Waals surface area contributed by atoms with E-state index in [4.69, 9.17) is 0 Å². The van der Waals surface area contributed by atoms with Crippen LogP contribution in [0.25, 0.3) is 0 Å². The first-order valence-electron chi connectivity index (χ1n) is 5.51. The minimum Gasteiger partial charge on any atom is -0.389 e. The number of aldehydes is 1. The molecule has 0 aliphatic rings. The number of hydrogen-bond acceptors (Lipinski definition) is 5. The zero-order valence-corrected chi connectivity index (χ0v) is 11.1. The van der Waals surface area contributed by atoms with Crippen LogP contribution in [0.3, 0.4) is 0 Å². The van der Waals surface area contributed by atoms with Crippen LogP contribution in [-0.4, -0.2) is 33.5 Å². The first-order chi connectivity index (χ1) is 8.45. The fourth-order valence-electron chi connectivity index (χ4n) is 1.55. The summed E-state index contributed by atoms with van der Waals surface area (Å²) >= 11 is 0.960. The van der Waals surface area contributed by atoms with Gasteiger partial charge in [-0.3, -0.25) is 9.59 Å². The normalized spacial score (nSPS) is 14.0. The summed E-state index contributed by atoms with van der Waals surface area (Å²) in [5.74, 6) is 0.126. The van der Waals surface area contributed by atoms with E-state index in [9.17, 15) is 19.8 Å². The number of carbonyl (C=O) groups excluding carboxylic acids is 2. The quantitative estimate of drug-likeness (QED) is 0.791. The van der Waals surface area contributed by atoms with Crippen LogP contribution in [0, 0.1) is 6.92 Å². The molecule has 18 heavy (non-hydrogen) atoms. The molecule has 0 radical (unpaired) electrons. The standard InChI is InChI=1S/C13H16O4S/c1-8-3-4-10(6-14)5-11(8)13(17)12(16)7-18-9(2)15/h3-6,12-13,16-17H,7H2,1-2H3. The number of benzene rings is 1. The third-order valence-electron chi connectivity index (χ3n) is 2.58. The van der Waals surface area contributed by atoms with Gasteiger partial charge in [0.25, 0.3) is 0 Å². The van der Waals surface area contributed by atoms with Gasteiger partial charge in [0.2, 0.25) is 0 Å². The molecule has 0 bridgehead atoms. The molecule has 0 aromatic heterocycles. The van der Waals surface area contributed by atoms with Gasteiger partial charge in [0.1, 0.15) is 12.4 Å². The zero-order valence-electron chi connectivity index (χ0n) is 10.3. The third-order valence-corrected chi connectivity index (χ3v) is 3.49. The maximum absolute atomic E-state index is 10.8. The molecule has 0 aliphatic heterocycles. The van der Waals surface area contributed by atoms with Crippen molar-refractivity contribution < 1.29 is 19.8 Å². The summed E-state index contributed by atoms with van der Waals surface area (Å²) in [7, 11) is 0. The van der Waals surface area contributed by atoms with E-state index in [1.807, 2.05) is 0 Å². The first-order valence-corrected chi connectivity index (χ1v) is 6.49. The highest BCUT2D eigenvalue weighted by atomic mass is 32.2. The van der Waals surface area contributed by atoms with Gasteiger partial charge >= 0.3 is 0 Å². The molecular formula is C13H16O4S. The molecule has 2 atom stereocenters. The third kappa shape index (κ3) is 3.94. The predicted molar refractivity (Wildman–Crippen MR) is 70.7 cm³/mol. The Morgan fingerprint density at radius 2 is 2.11 bits per heavy atom. The Bertz CT molecular complexity index is 445. The van der Waals surface area contributed by atoms with Gasteiger partial charge in [-0.05, 0) is 24.1 Å². The molecular weight excluding hydrogens is 252 g/mol. The molecule has 0 spiro atoms. The maximum atomic E-state index is 10.8. The van der Waals surface area contributed by atoms with Gasteiger partial charge in [-0.2, -0.15) is 0 Å². The number of rotatable bonds is 5. The van der Waals surface area contributed by atoms with E-state index in [-0.39, 0.29) is 10.9 Å². The van der Waals surface area contributed by atoms with Crippen LogP contribution in [0.2, 0.25) is 0 Å². The molecule has 0 saturated carbocycles. The fourth-order valence-corrected chi connectivity index (χ4v) is 2.14. The second-order valence-electron chi connectivity index (χ2n) is 4.05. The molecule has 0 fully saturated rings. The Hall–Kier alpha value is -1.17. The topological polar surface area (TPSA) is 74.6 Å². The average Bonchev–Trinajstić information content (AvgIpc) is 2.35. The second-order valence-corrected chi connectivity index (χ2v) is 5.25. The van der Waals surface area contributed by atoms with Gasteiger partial charge in [0.15, 0.2) is 5.12 Å². The molecule has 98 valence electrons. The molecule has 1 rings (SSSR count). The van der Waals surface area contributed by atoms with Crippen molar-refractivity contribution in [1.29, 1.82) is 0 Å². The van der Waals surface area contributed by atoms with Crippen molar-refractivity contribution in [1.82, 2.24) is 0 Å². The Kier molecular flexibility index (Phi) is 5.53. The Morgan fingerprint density at radius 3 is 2.67 bits per heavy atom. The summed E-state index contributed by atoms with van der Waals surface area (Å²) in [6.07, 6.45) is -1.46. The number of carbonyl (C=O) groups is 2. The maximum Gasteiger partial charge on any atom is 0.185 e. The Labute approximate surface area is 110 Å². The van der Waals surface area contributed by atoms with Gasteiger partial charge in [-0.25, -0.2) is 0 Å². The van der Waals surface area contributed by atoms with Gasteiger partial charge in [0, 0.05) is 18.2 Å². The van der Waals surface area contributed by atoms with Crippen LogP contribution >= 0.6 is 11.8 Å². The van der Waals surface area contributed by atoms with E-state index < -0.39 is 12.2 Å². The van der Waals surface area contributed by atoms with Crippen LogP contribution in [0.5, 0.6) is 0 Å². The molecule has 2 unspecified atom stereocenters. The number of aliphatic hydroxyl groups excluding tert-OH is 2. The largest absolute Gasteiger partial charge is 0.389 e. The molecule has 4 nitrogen and oxygen atoms in total. The zero-order chi connectivity index (χ0) is 13.7. The molecule has 2 N–H and O–H groups in total. The molecule has 0 saturated heterocycles. The van der Waals surface area contributed by atoms with Crippen molar-refractivity contribution in [2.75, 3.05) is 5.75 Å². The highest BCUT2D eigenvalue weighted by Crippen LogP contribution is 2.24. The Balaban J connectivity index is 2.84. The summed E-state index contributed by atoms with van der Waals surface area (Å²) in [5.41, 5.74) is 1.75. The van der Waals surface area contributed by atoms with Gasteiger partial charge in [0.05, 0.1) is 6.10 Å². The number of aryl methyl sites for hydroxylation is 1. The van der Waals surface area contributed by atoms with Crippen LogP contribution in [0.15, 0.2) is 18.2 Å². The summed E-state index contributed by atoms with van der Waals surface area (Å²) in [6, 6.07) is 4.91. The second kappa shape index (κ2) is 6.68. The van der Waals surface area contributed by atoms with E-state index in [0.717, 1.165) is 17.3 Å². The molecule has 0 amide bonds. The Morgan fingerprint density at radius 1 is 1.44 bits per heavy atom. The number of aliphatic hydroxyl groups is 2. The summed E-state index contributed by atoms with van der Waals surface area (Å²) < 4.78 is 0. The molecule has 0 heterocycles. The highest BCUT2D eigenvalue weighted by Gasteiger charge is 2.21. The lowest BCUT2D eigenvalue weighted by molar-refractivity contribution is -0.109. The van der Waals surface area contributed by atoms with Crippen molar-refractivity contribution in [3.63, 3.8) is 0 Å². The molecule has 1 aromatic rings. The molecule has 1 aromatic carbocycles. The van der Waals surface area contributed by atoms with E-state index in [1.54, 1.807) is 25.1 Å². The monoisotopic (exact) mass is 268 g/mol. The summed E-state index contributed by atoms with van der Waals surface area (Å²) in [4.78, 5) is 21.5. The van der Waals surface area contributed by atoms with Gasteiger partial charge in [-0.15, -0.1) is 0 Å². The van der Waals surface area contributed by atoms with Crippen LogP contribution in [0.4, 0.5) is 0 Å². The van der Waals surface area contributed by atoms with Crippen molar-refractivity contribution in [2.45, 2.75) is 26.1 Å². The minimum atomic E-state index is -1.10. The highest BCUT2D eigenvalue weighted by molar-refractivity contribution is 8.13.